The van der Waals surface area contributed by atoms with E-state index in [1.807, 2.05) is 49.4 Å². The molecule has 1 unspecified atom stereocenters. The number of rotatable bonds is 5. The molecule has 1 atom stereocenters. The molecule has 0 bridgehead atoms. The number of aromatic nitrogens is 5. The average Bonchev–Trinajstić information content (AvgIpc) is 3.42. The molecule has 14 heteroatoms. The SMILES string of the molecule is Cc1ccc2c(cnn2C2CCCCO2)c1Oc1cncc2c(N3CCN(C(=O)OC(C)(C)C)CC3)nc(S(C)(=O)=O)nc12. The maximum Gasteiger partial charge on any atom is 0.410 e. The fourth-order valence-electron chi connectivity index (χ4n) is 5.49. The molecule has 0 aliphatic carbocycles. The van der Waals surface area contributed by atoms with Gasteiger partial charge in [0.2, 0.25) is 15.0 Å². The number of ether oxygens (including phenoxy) is 3. The van der Waals surface area contributed by atoms with E-state index in [0.717, 1.165) is 42.0 Å². The van der Waals surface area contributed by atoms with Crippen molar-refractivity contribution in [1.82, 2.24) is 29.6 Å². The van der Waals surface area contributed by atoms with Crippen LogP contribution in [0.2, 0.25) is 0 Å². The predicted molar refractivity (Wildman–Crippen MR) is 164 cm³/mol. The minimum Gasteiger partial charge on any atom is -0.452 e. The van der Waals surface area contributed by atoms with Crippen LogP contribution in [0.4, 0.5) is 10.6 Å². The summed E-state index contributed by atoms with van der Waals surface area (Å²) in [7, 11) is -3.78. The van der Waals surface area contributed by atoms with Gasteiger partial charge >= 0.3 is 6.09 Å². The Morgan fingerprint density at radius 1 is 1.02 bits per heavy atom. The minimum atomic E-state index is -3.78. The average molecular weight is 624 g/mol. The fourth-order valence-corrected chi connectivity index (χ4v) is 6.00. The van der Waals surface area contributed by atoms with Gasteiger partial charge in [0.15, 0.2) is 12.0 Å². The number of nitrogens with zero attached hydrogens (tertiary/aromatic N) is 7. The third-order valence-electron chi connectivity index (χ3n) is 7.66. The van der Waals surface area contributed by atoms with Gasteiger partial charge in [-0.05, 0) is 58.6 Å². The van der Waals surface area contributed by atoms with E-state index in [9.17, 15) is 13.2 Å². The van der Waals surface area contributed by atoms with Gasteiger partial charge in [-0.25, -0.2) is 27.9 Å². The molecule has 2 saturated heterocycles. The first kappa shape index (κ1) is 30.0. The lowest BCUT2D eigenvalue weighted by Gasteiger charge is -2.36. The Morgan fingerprint density at radius 3 is 2.48 bits per heavy atom. The number of hydrogen-bond donors (Lipinski definition) is 0. The Kier molecular flexibility index (Phi) is 7.82. The molecule has 0 radical (unpaired) electrons. The lowest BCUT2D eigenvalue weighted by molar-refractivity contribution is -0.0366. The molecule has 2 aliphatic rings. The van der Waals surface area contributed by atoms with Crippen LogP contribution in [-0.2, 0) is 19.3 Å². The predicted octanol–water partition coefficient (Wildman–Crippen LogP) is 4.63. The zero-order valence-electron chi connectivity index (χ0n) is 25.6. The van der Waals surface area contributed by atoms with Crippen LogP contribution < -0.4 is 9.64 Å². The highest BCUT2D eigenvalue weighted by Gasteiger charge is 2.29. The number of pyridine rings is 1. The Labute approximate surface area is 256 Å². The first-order valence-corrected chi connectivity index (χ1v) is 16.6. The molecule has 13 nitrogen and oxygen atoms in total. The Balaban J connectivity index is 1.37. The van der Waals surface area contributed by atoms with E-state index in [0.29, 0.717) is 61.0 Å². The monoisotopic (exact) mass is 623 g/mol. The van der Waals surface area contributed by atoms with Gasteiger partial charge < -0.3 is 24.0 Å². The first-order valence-electron chi connectivity index (χ1n) is 14.7. The van der Waals surface area contributed by atoms with Crippen LogP contribution in [0, 0.1) is 6.92 Å². The normalized spacial score (nSPS) is 18.2. The second-order valence-electron chi connectivity index (χ2n) is 12.2. The van der Waals surface area contributed by atoms with Crippen molar-refractivity contribution in [1.29, 1.82) is 0 Å². The number of piperazine rings is 1. The van der Waals surface area contributed by atoms with Crippen LogP contribution in [0.3, 0.4) is 0 Å². The summed E-state index contributed by atoms with van der Waals surface area (Å²) in [5.41, 5.74) is 1.46. The van der Waals surface area contributed by atoms with Gasteiger partial charge in [0.25, 0.3) is 0 Å². The molecule has 0 spiro atoms. The number of carbonyl (C=O) groups is 1. The molecule has 5 heterocycles. The molecule has 234 valence electrons. The Bertz CT molecular complexity index is 1820. The quantitative estimate of drug-likeness (QED) is 0.287. The zero-order valence-corrected chi connectivity index (χ0v) is 26.4. The van der Waals surface area contributed by atoms with E-state index in [2.05, 4.69) is 20.1 Å². The molecule has 44 heavy (non-hydrogen) atoms. The second kappa shape index (κ2) is 11.5. The molecule has 2 fully saturated rings. The number of carbonyl (C=O) groups excluding carboxylic acids is 1. The largest absolute Gasteiger partial charge is 0.452 e. The van der Waals surface area contributed by atoms with Crippen LogP contribution in [-0.4, -0.2) is 88.8 Å². The number of amides is 1. The number of anilines is 1. The molecule has 0 N–H and O–H groups in total. The van der Waals surface area contributed by atoms with Crippen molar-refractivity contribution >= 4 is 43.6 Å². The van der Waals surface area contributed by atoms with Crippen LogP contribution >= 0.6 is 0 Å². The van der Waals surface area contributed by atoms with E-state index in [1.54, 1.807) is 17.3 Å². The number of hydrogen-bond acceptors (Lipinski definition) is 11. The van der Waals surface area contributed by atoms with Gasteiger partial charge in [-0.3, -0.25) is 4.98 Å². The topological polar surface area (TPSA) is 142 Å². The van der Waals surface area contributed by atoms with Crippen LogP contribution in [0.25, 0.3) is 21.8 Å². The van der Waals surface area contributed by atoms with Crippen molar-refractivity contribution in [2.24, 2.45) is 0 Å². The van der Waals surface area contributed by atoms with Gasteiger partial charge in [0.1, 0.15) is 22.7 Å². The lowest BCUT2D eigenvalue weighted by atomic mass is 10.1. The summed E-state index contributed by atoms with van der Waals surface area (Å²) in [6, 6.07) is 3.96. The number of benzene rings is 1. The summed E-state index contributed by atoms with van der Waals surface area (Å²) in [5, 5.41) is 5.65. The van der Waals surface area contributed by atoms with Crippen LogP contribution in [0.15, 0.2) is 35.9 Å². The van der Waals surface area contributed by atoms with Gasteiger partial charge in [0, 0.05) is 45.2 Å². The van der Waals surface area contributed by atoms with E-state index in [4.69, 9.17) is 14.2 Å². The molecular weight excluding hydrogens is 586 g/mol. The third-order valence-corrected chi connectivity index (χ3v) is 8.51. The Hall–Kier alpha value is -4.04. The fraction of sp³-hybridized carbons (Fsp3) is 0.500. The van der Waals surface area contributed by atoms with Crippen molar-refractivity contribution in [3.05, 3.63) is 36.3 Å². The highest BCUT2D eigenvalue weighted by molar-refractivity contribution is 7.90. The Morgan fingerprint density at radius 2 is 1.80 bits per heavy atom. The number of aryl methyl sites for hydroxylation is 1. The molecule has 0 saturated carbocycles. The number of sulfone groups is 1. The van der Waals surface area contributed by atoms with Crippen LogP contribution in [0.5, 0.6) is 11.5 Å². The standard InChI is InChI=1S/C30H37N7O6S/c1-19-9-10-22-20(17-32-37(22)24-8-6-7-15-41-24)26(19)42-23-18-31-16-21-25(23)33-28(44(5,39)40)34-27(21)35-11-13-36(14-12-35)29(38)43-30(2,3)4/h9-10,16-18,24H,6-8,11-15H2,1-5H3. The highest BCUT2D eigenvalue weighted by atomic mass is 32.2. The molecule has 1 amide bonds. The summed E-state index contributed by atoms with van der Waals surface area (Å²) in [5.74, 6) is 1.28. The van der Waals surface area contributed by atoms with Gasteiger partial charge in [-0.1, -0.05) is 6.07 Å². The molecule has 2 aliphatic heterocycles. The lowest BCUT2D eigenvalue weighted by Crippen LogP contribution is -2.50. The van der Waals surface area contributed by atoms with Gasteiger partial charge in [-0.2, -0.15) is 5.10 Å². The van der Waals surface area contributed by atoms with Crippen LogP contribution in [0.1, 0.15) is 51.8 Å². The number of fused-ring (bicyclic) bond motifs is 2. The third kappa shape index (κ3) is 6.00. The van der Waals surface area contributed by atoms with E-state index < -0.39 is 15.4 Å². The summed E-state index contributed by atoms with van der Waals surface area (Å²) in [6.45, 7) is 9.72. The molecule has 6 rings (SSSR count). The summed E-state index contributed by atoms with van der Waals surface area (Å²) in [6.07, 6.45) is 8.44. The summed E-state index contributed by atoms with van der Waals surface area (Å²) >= 11 is 0. The molecule has 3 aromatic heterocycles. The van der Waals surface area contributed by atoms with Gasteiger partial charge in [0.05, 0.1) is 28.7 Å². The smallest absolute Gasteiger partial charge is 0.410 e. The molecule has 1 aromatic carbocycles. The van der Waals surface area contributed by atoms with Crippen molar-refractivity contribution < 1.29 is 27.4 Å². The van der Waals surface area contributed by atoms with E-state index >= 15 is 0 Å². The van der Waals surface area contributed by atoms with Gasteiger partial charge in [-0.15, -0.1) is 0 Å². The highest BCUT2D eigenvalue weighted by Crippen LogP contribution is 2.39. The summed E-state index contributed by atoms with van der Waals surface area (Å²) < 4.78 is 45.4. The van der Waals surface area contributed by atoms with Crippen molar-refractivity contribution in [3.63, 3.8) is 0 Å². The minimum absolute atomic E-state index is 0.139. The molecule has 4 aromatic rings. The van der Waals surface area contributed by atoms with Crippen molar-refractivity contribution in [2.45, 2.75) is 63.9 Å². The maximum atomic E-state index is 12.7. The first-order chi connectivity index (χ1) is 20.9. The summed E-state index contributed by atoms with van der Waals surface area (Å²) in [4.78, 5) is 29.5. The second-order valence-corrected chi connectivity index (χ2v) is 14.2. The maximum absolute atomic E-state index is 12.7. The van der Waals surface area contributed by atoms with E-state index in [1.165, 1.54) is 6.20 Å². The van der Waals surface area contributed by atoms with Crippen molar-refractivity contribution in [2.75, 3.05) is 43.9 Å². The van der Waals surface area contributed by atoms with E-state index in [-0.39, 0.29) is 17.5 Å². The van der Waals surface area contributed by atoms with Crippen molar-refractivity contribution in [3.8, 4) is 11.5 Å². The zero-order chi connectivity index (χ0) is 31.2. The molecular formula is C30H37N7O6S.